The molecule has 16 nitrogen and oxygen atoms in total. The normalized spacial score (nSPS) is 16.9. The van der Waals surface area contributed by atoms with E-state index in [4.69, 9.17) is 17.1 Å². The summed E-state index contributed by atoms with van der Waals surface area (Å²) >= 11 is -1.44. The molecule has 17 heteroatoms. The SMILES string of the molecule is CC(=O)c1n[n+]2c(C3CCOCC3)[nH]cc2c(=O)[nH]1.CC(O)c1n[n+]2c(C3CCOCC3)[nH]cc2c(=O)[nH]1.[O]=[Mn]=[O]. The Hall–Kier alpha value is -3.63. The number of aliphatic hydroxyl groups excluding tert-OH is 1. The number of aromatic nitrogens is 8. The molecule has 4 aromatic heterocycles. The second-order valence-electron chi connectivity index (χ2n) is 9.65. The third-order valence-corrected chi connectivity index (χ3v) is 6.92. The molecule has 0 aliphatic carbocycles. The van der Waals surface area contributed by atoms with Gasteiger partial charge in [0.15, 0.2) is 11.6 Å². The summed E-state index contributed by atoms with van der Waals surface area (Å²) in [5.74, 6) is 2.41. The molecule has 221 valence electrons. The van der Waals surface area contributed by atoms with E-state index in [1.54, 1.807) is 28.3 Å². The van der Waals surface area contributed by atoms with Crippen LogP contribution in [0, 0.1) is 0 Å². The van der Waals surface area contributed by atoms with E-state index in [1.165, 1.54) is 6.92 Å². The van der Waals surface area contributed by atoms with Crippen molar-refractivity contribution in [3.63, 3.8) is 0 Å². The average molecular weight is 616 g/mol. The van der Waals surface area contributed by atoms with Gasteiger partial charge in [0, 0.05) is 33.4 Å². The zero-order valence-corrected chi connectivity index (χ0v) is 23.7. The van der Waals surface area contributed by atoms with Crippen LogP contribution in [0.1, 0.15) is 85.6 Å². The second-order valence-corrected chi connectivity index (χ2v) is 9.85. The van der Waals surface area contributed by atoms with Gasteiger partial charge in [-0.2, -0.15) is 0 Å². The summed E-state index contributed by atoms with van der Waals surface area (Å²) in [5.41, 5.74) is 0.326. The molecule has 0 radical (unpaired) electrons. The first-order chi connectivity index (χ1) is 19.7. The molecule has 0 saturated carbocycles. The van der Waals surface area contributed by atoms with Gasteiger partial charge in [-0.15, -0.1) is 0 Å². The number of hydrogen-bond donors (Lipinski definition) is 5. The number of aromatic amines is 4. The molecule has 1 unspecified atom stereocenters. The number of fused-ring (bicyclic) bond motifs is 2. The first-order valence-electron chi connectivity index (χ1n) is 13.1. The molecule has 0 aromatic carbocycles. The van der Waals surface area contributed by atoms with Crippen LogP contribution in [-0.2, 0) is 32.0 Å². The van der Waals surface area contributed by atoms with Crippen molar-refractivity contribution in [1.82, 2.24) is 30.1 Å². The van der Waals surface area contributed by atoms with Gasteiger partial charge in [-0.05, 0) is 32.6 Å². The zero-order chi connectivity index (χ0) is 29.5. The summed E-state index contributed by atoms with van der Waals surface area (Å²) in [7, 11) is 0. The van der Waals surface area contributed by atoms with Crippen LogP contribution in [0.5, 0.6) is 0 Å². The van der Waals surface area contributed by atoms with Crippen LogP contribution >= 0.6 is 0 Å². The standard InChI is InChI=1S/C12H16N4O3.C12H14N4O3.Mn.2O/c2*1-7(17)10-14-12(18)9-6-13-11(16(9)15-10)8-2-4-19-5-3-8;;;/h6-8,17H,2-5H2,1H3,(H,14,15,18);6,8H,2-5H2,1H3,(H,14,15,18);;;/p+2. The number of rotatable bonds is 4. The van der Waals surface area contributed by atoms with Crippen LogP contribution in [-0.4, -0.2) is 67.5 Å². The minimum atomic E-state index is -1.44. The number of aliphatic hydroxyl groups is 1. The number of ketones is 1. The molecule has 0 amide bonds. The van der Waals surface area contributed by atoms with E-state index in [9.17, 15) is 19.5 Å². The summed E-state index contributed by atoms with van der Waals surface area (Å²) in [4.78, 5) is 46.5. The van der Waals surface area contributed by atoms with Gasteiger partial charge in [0.1, 0.15) is 18.5 Å². The van der Waals surface area contributed by atoms with Gasteiger partial charge < -0.3 is 19.6 Å². The van der Waals surface area contributed by atoms with Crippen LogP contribution in [0.4, 0.5) is 0 Å². The first-order valence-corrected chi connectivity index (χ1v) is 14.0. The van der Waals surface area contributed by atoms with Crippen LogP contribution in [0.15, 0.2) is 22.0 Å². The second kappa shape index (κ2) is 13.8. The van der Waals surface area contributed by atoms with Gasteiger partial charge in [0.05, 0.1) is 11.8 Å². The number of H-pyrrole nitrogens is 4. The maximum atomic E-state index is 11.9. The predicted octanol–water partition coefficient (Wildman–Crippen LogP) is -0.523. The average Bonchev–Trinajstić information content (AvgIpc) is 3.60. The van der Waals surface area contributed by atoms with E-state index < -0.39 is 20.9 Å². The van der Waals surface area contributed by atoms with Crippen LogP contribution in [0.2, 0.25) is 0 Å². The molecule has 0 spiro atoms. The number of nitrogens with zero attached hydrogens (tertiary/aromatic N) is 4. The molecule has 6 rings (SSSR count). The summed E-state index contributed by atoms with van der Waals surface area (Å²) in [6.07, 6.45) is 6.05. The summed E-state index contributed by atoms with van der Waals surface area (Å²) < 4.78 is 30.6. The fraction of sp³-hybridized carbons (Fsp3) is 0.542. The minimum absolute atomic E-state index is 0.0791. The number of ether oxygens (including phenoxy) is 2. The predicted molar refractivity (Wildman–Crippen MR) is 132 cm³/mol. The van der Waals surface area contributed by atoms with Gasteiger partial charge in [-0.25, -0.2) is 9.97 Å². The van der Waals surface area contributed by atoms with Crippen molar-refractivity contribution < 1.29 is 50.9 Å². The molecule has 2 fully saturated rings. The fourth-order valence-electron chi connectivity index (χ4n) is 4.81. The quantitative estimate of drug-likeness (QED) is 0.112. The molecule has 6 heterocycles. The maximum absolute atomic E-state index is 11.9. The summed E-state index contributed by atoms with van der Waals surface area (Å²) in [6.45, 7) is 5.80. The van der Waals surface area contributed by atoms with Crippen molar-refractivity contribution in [2.75, 3.05) is 26.4 Å². The number of hydrogen-bond acceptors (Lipinski definition) is 10. The Balaban J connectivity index is 0.000000173. The van der Waals surface area contributed by atoms with Gasteiger partial charge in [0.25, 0.3) is 22.7 Å². The molecular formula is C24H32MnN8O8+2. The number of carbonyl (C=O) groups excluding carboxylic acids is 1. The molecule has 2 aliphatic rings. The van der Waals surface area contributed by atoms with E-state index in [-0.39, 0.29) is 34.5 Å². The Labute approximate surface area is 238 Å². The van der Waals surface area contributed by atoms with Gasteiger partial charge in [-0.1, -0.05) is 19.2 Å². The molecule has 4 aromatic rings. The van der Waals surface area contributed by atoms with E-state index in [1.807, 2.05) is 0 Å². The van der Waals surface area contributed by atoms with E-state index in [0.29, 0.717) is 30.2 Å². The third-order valence-electron chi connectivity index (χ3n) is 6.92. The molecule has 41 heavy (non-hydrogen) atoms. The van der Waals surface area contributed by atoms with Crippen LogP contribution in [0.25, 0.3) is 11.0 Å². The van der Waals surface area contributed by atoms with Crippen LogP contribution in [0.3, 0.4) is 0 Å². The molecular weight excluding hydrogens is 583 g/mol. The molecule has 0 bridgehead atoms. The summed E-state index contributed by atoms with van der Waals surface area (Å²) in [6, 6.07) is 0. The number of carbonyl (C=O) groups is 1. The molecule has 2 saturated heterocycles. The van der Waals surface area contributed by atoms with Gasteiger partial charge in [0.2, 0.25) is 5.82 Å². The van der Waals surface area contributed by atoms with E-state index in [2.05, 4.69) is 30.1 Å². The summed E-state index contributed by atoms with van der Waals surface area (Å²) in [5, 5.41) is 18.1. The van der Waals surface area contributed by atoms with Crippen molar-refractivity contribution in [1.29, 1.82) is 0 Å². The van der Waals surface area contributed by atoms with Crippen LogP contribution < -0.4 is 20.1 Å². The third kappa shape index (κ3) is 7.00. The first kappa shape index (κ1) is 30.3. The topological polar surface area (TPSA) is 221 Å². The Morgan fingerprint density at radius 2 is 1.34 bits per heavy atom. The Morgan fingerprint density at radius 1 is 0.902 bits per heavy atom. The fourth-order valence-corrected chi connectivity index (χ4v) is 4.81. The Kier molecular flexibility index (Phi) is 10.2. The van der Waals surface area contributed by atoms with E-state index >= 15 is 0 Å². The molecule has 1 atom stereocenters. The van der Waals surface area contributed by atoms with Gasteiger partial charge in [-0.3, -0.25) is 19.4 Å². The van der Waals surface area contributed by atoms with Crippen molar-refractivity contribution in [3.05, 3.63) is 56.4 Å². The number of Topliss-reactive ketones (excluding diaryl/α,β-unsaturated/α-hetero) is 1. The monoisotopic (exact) mass is 615 g/mol. The van der Waals surface area contributed by atoms with E-state index in [0.717, 1.165) is 50.5 Å². The Morgan fingerprint density at radius 3 is 1.78 bits per heavy atom. The number of imidazole rings is 2. The van der Waals surface area contributed by atoms with Crippen molar-refractivity contribution in [3.8, 4) is 0 Å². The molecule has 2 aliphatic heterocycles. The zero-order valence-electron chi connectivity index (χ0n) is 22.5. The van der Waals surface area contributed by atoms with Crippen molar-refractivity contribution in [2.24, 2.45) is 0 Å². The molecule has 5 N–H and O–H groups in total. The van der Waals surface area contributed by atoms with Crippen molar-refractivity contribution >= 4 is 16.8 Å². The Bertz CT molecular complexity index is 1660. The van der Waals surface area contributed by atoms with Gasteiger partial charge >= 0.3 is 33.6 Å². The van der Waals surface area contributed by atoms with Crippen molar-refractivity contribution in [2.45, 2.75) is 57.5 Å². The number of nitrogens with one attached hydrogen (secondary N) is 4.